The monoisotopic (exact) mass is 465 g/mol. The molecule has 6 heteroatoms. The van der Waals surface area contributed by atoms with Gasteiger partial charge in [-0.25, -0.2) is 0 Å². The van der Waals surface area contributed by atoms with E-state index in [0.29, 0.717) is 36.7 Å². The van der Waals surface area contributed by atoms with E-state index in [9.17, 15) is 9.59 Å². The zero-order valence-corrected chi connectivity index (χ0v) is 20.6. The van der Waals surface area contributed by atoms with Gasteiger partial charge in [-0.15, -0.1) is 0 Å². The van der Waals surface area contributed by atoms with Crippen molar-refractivity contribution in [1.29, 1.82) is 0 Å². The minimum absolute atomic E-state index is 0.00586. The first-order valence-corrected chi connectivity index (χ1v) is 12.6. The van der Waals surface area contributed by atoms with Gasteiger partial charge in [0.05, 0.1) is 12.2 Å². The maximum absolute atomic E-state index is 13.0. The number of unbranched alkanes of at least 4 members (excludes halogenated alkanes) is 2. The highest BCUT2D eigenvalue weighted by molar-refractivity contribution is 6.02. The van der Waals surface area contributed by atoms with Gasteiger partial charge >= 0.3 is 0 Å². The number of amides is 2. The first-order valence-electron chi connectivity index (χ1n) is 12.6. The van der Waals surface area contributed by atoms with Gasteiger partial charge in [-0.1, -0.05) is 50.1 Å². The standard InChI is InChI=1S/C28H39N3O3/c1-3-4-6-11-27(32)30-24-12-13-26(25(21-24)28(33)29-16-19-34-2)31-17-14-23(15-18-31)20-22-9-7-5-8-10-22/h5,7-10,12-13,21,23H,3-4,6,11,14-20H2,1-2H3,(H,29,33)(H,30,32). The van der Waals surface area contributed by atoms with Crippen molar-refractivity contribution in [3.8, 4) is 0 Å². The largest absolute Gasteiger partial charge is 0.383 e. The van der Waals surface area contributed by atoms with Crippen molar-refractivity contribution in [2.24, 2.45) is 5.92 Å². The Morgan fingerprint density at radius 1 is 1.06 bits per heavy atom. The van der Waals surface area contributed by atoms with Crippen LogP contribution < -0.4 is 15.5 Å². The van der Waals surface area contributed by atoms with E-state index in [4.69, 9.17) is 4.74 Å². The van der Waals surface area contributed by atoms with Gasteiger partial charge in [-0.2, -0.15) is 0 Å². The molecule has 1 fully saturated rings. The zero-order valence-electron chi connectivity index (χ0n) is 20.6. The second kappa shape index (κ2) is 13.8. The van der Waals surface area contributed by atoms with Crippen molar-refractivity contribution in [2.75, 3.05) is 43.6 Å². The molecule has 1 heterocycles. The van der Waals surface area contributed by atoms with Crippen molar-refractivity contribution in [2.45, 2.75) is 51.9 Å². The fourth-order valence-electron chi connectivity index (χ4n) is 4.52. The van der Waals surface area contributed by atoms with E-state index >= 15 is 0 Å². The molecule has 1 saturated heterocycles. The molecule has 2 amide bonds. The highest BCUT2D eigenvalue weighted by Crippen LogP contribution is 2.30. The van der Waals surface area contributed by atoms with E-state index in [0.717, 1.165) is 57.3 Å². The Morgan fingerprint density at radius 3 is 2.53 bits per heavy atom. The lowest BCUT2D eigenvalue weighted by Crippen LogP contribution is -2.36. The van der Waals surface area contributed by atoms with Crippen LogP contribution in [0.25, 0.3) is 0 Å². The summed E-state index contributed by atoms with van der Waals surface area (Å²) in [4.78, 5) is 27.6. The van der Waals surface area contributed by atoms with Crippen LogP contribution in [0.1, 0.15) is 61.4 Å². The van der Waals surface area contributed by atoms with Crippen LogP contribution in [0.5, 0.6) is 0 Å². The first-order chi connectivity index (χ1) is 16.6. The Bertz CT molecular complexity index is 908. The number of rotatable bonds is 12. The van der Waals surface area contributed by atoms with Crippen molar-refractivity contribution in [3.63, 3.8) is 0 Å². The fourth-order valence-corrected chi connectivity index (χ4v) is 4.52. The van der Waals surface area contributed by atoms with Crippen molar-refractivity contribution in [1.82, 2.24) is 5.32 Å². The fraction of sp³-hybridized carbons (Fsp3) is 0.500. The number of ether oxygens (including phenoxy) is 1. The Labute approximate surface area is 204 Å². The summed E-state index contributed by atoms with van der Waals surface area (Å²) < 4.78 is 5.08. The molecule has 0 spiro atoms. The predicted molar refractivity (Wildman–Crippen MR) is 139 cm³/mol. The minimum atomic E-state index is -0.138. The van der Waals surface area contributed by atoms with Gasteiger partial charge < -0.3 is 20.3 Å². The average molecular weight is 466 g/mol. The molecule has 0 atom stereocenters. The van der Waals surface area contributed by atoms with E-state index < -0.39 is 0 Å². The number of benzene rings is 2. The summed E-state index contributed by atoms with van der Waals surface area (Å²) in [6, 6.07) is 16.4. The van der Waals surface area contributed by atoms with Crippen LogP contribution in [0.2, 0.25) is 0 Å². The van der Waals surface area contributed by atoms with E-state index in [1.807, 2.05) is 18.2 Å². The summed E-state index contributed by atoms with van der Waals surface area (Å²) in [5, 5.41) is 5.91. The number of piperidine rings is 1. The number of nitrogens with zero attached hydrogens (tertiary/aromatic N) is 1. The summed E-state index contributed by atoms with van der Waals surface area (Å²) >= 11 is 0. The predicted octanol–water partition coefficient (Wildman–Crippen LogP) is 5.04. The molecule has 0 radical (unpaired) electrons. The molecule has 0 saturated carbocycles. The summed E-state index contributed by atoms with van der Waals surface area (Å²) in [5.41, 5.74) is 3.58. The summed E-state index contributed by atoms with van der Waals surface area (Å²) in [5.74, 6) is 0.508. The van der Waals surface area contributed by atoms with Gasteiger partial charge in [0.1, 0.15) is 0 Å². The van der Waals surface area contributed by atoms with Crippen LogP contribution in [-0.2, 0) is 16.0 Å². The lowest BCUT2D eigenvalue weighted by atomic mass is 9.89. The number of methoxy groups -OCH3 is 1. The van der Waals surface area contributed by atoms with E-state index in [1.54, 1.807) is 7.11 Å². The van der Waals surface area contributed by atoms with Gasteiger partial charge in [0, 0.05) is 44.5 Å². The molecule has 1 aliphatic heterocycles. The average Bonchev–Trinajstić information content (AvgIpc) is 2.85. The molecule has 6 nitrogen and oxygen atoms in total. The Hall–Kier alpha value is -2.86. The van der Waals surface area contributed by atoms with E-state index in [1.165, 1.54) is 5.56 Å². The molecule has 2 N–H and O–H groups in total. The van der Waals surface area contributed by atoms with Crippen molar-refractivity contribution in [3.05, 3.63) is 59.7 Å². The Balaban J connectivity index is 1.68. The van der Waals surface area contributed by atoms with Crippen LogP contribution in [-0.4, -0.2) is 45.2 Å². The third-order valence-corrected chi connectivity index (χ3v) is 6.45. The molecule has 0 unspecified atom stereocenters. The smallest absolute Gasteiger partial charge is 0.253 e. The molecule has 2 aromatic carbocycles. The Kier molecular flexibility index (Phi) is 10.4. The Morgan fingerprint density at radius 2 is 1.82 bits per heavy atom. The highest BCUT2D eigenvalue weighted by atomic mass is 16.5. The molecular weight excluding hydrogens is 426 g/mol. The highest BCUT2D eigenvalue weighted by Gasteiger charge is 2.23. The molecule has 184 valence electrons. The molecule has 1 aliphatic rings. The maximum Gasteiger partial charge on any atom is 0.253 e. The number of carbonyl (C=O) groups is 2. The molecule has 2 aromatic rings. The number of nitrogens with one attached hydrogen (secondary N) is 2. The lowest BCUT2D eigenvalue weighted by Gasteiger charge is -2.35. The third kappa shape index (κ3) is 7.87. The summed E-state index contributed by atoms with van der Waals surface area (Å²) in [6.45, 7) is 4.86. The van der Waals surface area contributed by atoms with Gasteiger partial charge in [-0.05, 0) is 55.4 Å². The van der Waals surface area contributed by atoms with Crippen molar-refractivity contribution < 1.29 is 14.3 Å². The maximum atomic E-state index is 13.0. The molecule has 0 aromatic heterocycles. The van der Waals surface area contributed by atoms with Crippen LogP contribution in [0.3, 0.4) is 0 Å². The van der Waals surface area contributed by atoms with Crippen LogP contribution in [0.4, 0.5) is 11.4 Å². The molecule has 0 aliphatic carbocycles. The number of anilines is 2. The summed E-state index contributed by atoms with van der Waals surface area (Å²) in [6.07, 6.45) is 6.78. The minimum Gasteiger partial charge on any atom is -0.383 e. The number of carbonyl (C=O) groups excluding carboxylic acids is 2. The molecular formula is C28H39N3O3. The topological polar surface area (TPSA) is 70.7 Å². The second-order valence-corrected chi connectivity index (χ2v) is 9.11. The normalized spacial score (nSPS) is 14.1. The molecule has 0 bridgehead atoms. The van der Waals surface area contributed by atoms with E-state index in [2.05, 4.69) is 52.8 Å². The van der Waals surface area contributed by atoms with Gasteiger partial charge in [0.25, 0.3) is 5.91 Å². The molecule has 34 heavy (non-hydrogen) atoms. The van der Waals surface area contributed by atoms with Crippen LogP contribution in [0.15, 0.2) is 48.5 Å². The molecule has 3 rings (SSSR count). The second-order valence-electron chi connectivity index (χ2n) is 9.11. The zero-order chi connectivity index (χ0) is 24.2. The number of hydrogen-bond acceptors (Lipinski definition) is 4. The quantitative estimate of drug-likeness (QED) is 0.431. The lowest BCUT2D eigenvalue weighted by molar-refractivity contribution is -0.116. The SMILES string of the molecule is CCCCCC(=O)Nc1ccc(N2CCC(Cc3ccccc3)CC2)c(C(=O)NCCOC)c1. The van der Waals surface area contributed by atoms with Gasteiger partial charge in [0.2, 0.25) is 5.91 Å². The van der Waals surface area contributed by atoms with Crippen LogP contribution >= 0.6 is 0 Å². The van der Waals surface area contributed by atoms with Crippen molar-refractivity contribution >= 4 is 23.2 Å². The summed E-state index contributed by atoms with van der Waals surface area (Å²) in [7, 11) is 1.62. The first kappa shape index (κ1) is 25.8. The van der Waals surface area contributed by atoms with Crippen LogP contribution in [0, 0.1) is 5.92 Å². The number of hydrogen-bond donors (Lipinski definition) is 2. The van der Waals surface area contributed by atoms with Gasteiger partial charge in [0.15, 0.2) is 0 Å². The third-order valence-electron chi connectivity index (χ3n) is 6.45. The van der Waals surface area contributed by atoms with Gasteiger partial charge in [-0.3, -0.25) is 9.59 Å². The van der Waals surface area contributed by atoms with E-state index in [-0.39, 0.29) is 11.8 Å².